The average Bonchev–Trinajstić information content (AvgIpc) is 3.32. The lowest BCUT2D eigenvalue weighted by atomic mass is 10.1. The highest BCUT2D eigenvalue weighted by Crippen LogP contribution is 2.20. The highest BCUT2D eigenvalue weighted by molar-refractivity contribution is 5.89. The zero-order valence-electron chi connectivity index (χ0n) is 38.4. The van der Waals surface area contributed by atoms with E-state index in [2.05, 4.69) is 35.6 Å². The van der Waals surface area contributed by atoms with Crippen molar-refractivity contribution in [1.29, 1.82) is 0 Å². The summed E-state index contributed by atoms with van der Waals surface area (Å²) in [6.45, 7) is 10.5. The molecule has 15 heteroatoms. The fourth-order valence-corrected chi connectivity index (χ4v) is 8.38. The lowest BCUT2D eigenvalue weighted by molar-refractivity contribution is -0.125. The summed E-state index contributed by atoms with van der Waals surface area (Å²) in [5.74, 6) is -1.47. The van der Waals surface area contributed by atoms with E-state index in [9.17, 15) is 29.1 Å². The van der Waals surface area contributed by atoms with Crippen molar-refractivity contribution in [2.24, 2.45) is 0 Å². The van der Waals surface area contributed by atoms with Crippen LogP contribution in [-0.2, 0) is 20.9 Å². The molecule has 15 nitrogen and oxygen atoms in total. The molecular formula is C52H60N8O7. The van der Waals surface area contributed by atoms with Crippen LogP contribution in [0.15, 0.2) is 131 Å². The summed E-state index contributed by atoms with van der Waals surface area (Å²) in [7, 11) is 0. The number of para-hydroxylation sites is 1. The smallest absolute Gasteiger partial charge is 0.335 e. The Morgan fingerprint density at radius 1 is 0.552 bits per heavy atom. The van der Waals surface area contributed by atoms with Crippen molar-refractivity contribution < 1.29 is 28.7 Å². The molecule has 0 spiro atoms. The normalized spacial score (nSPS) is 16.3. The summed E-state index contributed by atoms with van der Waals surface area (Å²) in [5.41, 5.74) is 4.47. The molecule has 0 radical (unpaired) electrons. The van der Waals surface area contributed by atoms with Gasteiger partial charge in [0.15, 0.2) is 0 Å². The van der Waals surface area contributed by atoms with E-state index < -0.39 is 5.97 Å². The van der Waals surface area contributed by atoms with E-state index >= 15 is 0 Å². The topological polar surface area (TPSA) is 181 Å². The van der Waals surface area contributed by atoms with E-state index in [1.165, 1.54) is 12.1 Å². The third-order valence-corrected chi connectivity index (χ3v) is 12.3. The van der Waals surface area contributed by atoms with Gasteiger partial charge in [0.1, 0.15) is 11.2 Å². The second-order valence-electron chi connectivity index (χ2n) is 17.3. The molecule has 0 unspecified atom stereocenters. The SMILES string of the molecule is C[C@H](NC(=O)CN1CCN(CC(=O)N[C@@H](C)c2ccccc2)CCN(Cc2cc3oc4ccccc4c(=O)c3cn2)CCN(CC(=O)N[C@@H](C)c2ccccc2)CC1)c1ccc(C(=O)O)cc1. The van der Waals surface area contributed by atoms with E-state index in [0.29, 0.717) is 86.5 Å². The van der Waals surface area contributed by atoms with Gasteiger partial charge in [0.2, 0.25) is 23.2 Å². The molecule has 6 aromatic rings. The van der Waals surface area contributed by atoms with Crippen LogP contribution in [0.1, 0.15) is 71.6 Å². The van der Waals surface area contributed by atoms with Crippen LogP contribution in [0, 0.1) is 0 Å². The zero-order chi connectivity index (χ0) is 47.3. The van der Waals surface area contributed by atoms with Crippen molar-refractivity contribution in [3.8, 4) is 0 Å². The molecule has 350 valence electrons. The number of hydrogen-bond donors (Lipinski definition) is 4. The number of benzene rings is 4. The number of fused-ring (bicyclic) bond motifs is 2. The number of carboxylic acid groups (broad SMARTS) is 1. The molecule has 3 heterocycles. The minimum absolute atomic E-state index is 0.0683. The summed E-state index contributed by atoms with van der Waals surface area (Å²) in [5, 5.41) is 19.6. The van der Waals surface area contributed by atoms with Crippen LogP contribution in [0.5, 0.6) is 0 Å². The summed E-state index contributed by atoms with van der Waals surface area (Å²) < 4.78 is 6.19. The monoisotopic (exact) mass is 908 g/mol. The van der Waals surface area contributed by atoms with Crippen molar-refractivity contribution in [3.05, 3.63) is 160 Å². The lowest BCUT2D eigenvalue weighted by Gasteiger charge is -2.34. The minimum Gasteiger partial charge on any atom is -0.478 e. The Morgan fingerprint density at radius 2 is 0.970 bits per heavy atom. The first kappa shape index (κ1) is 48.2. The molecule has 2 aromatic heterocycles. The van der Waals surface area contributed by atoms with Crippen LogP contribution in [0.4, 0.5) is 0 Å². The number of amides is 3. The third-order valence-electron chi connectivity index (χ3n) is 12.3. The Bertz CT molecular complexity index is 2600. The van der Waals surface area contributed by atoms with Gasteiger partial charge in [-0.3, -0.25) is 43.8 Å². The number of hydrogen-bond acceptors (Lipinski definition) is 11. The van der Waals surface area contributed by atoms with Gasteiger partial charge in [-0.05, 0) is 61.7 Å². The molecule has 1 aliphatic rings. The molecule has 1 fully saturated rings. The second kappa shape index (κ2) is 23.1. The van der Waals surface area contributed by atoms with Gasteiger partial charge in [-0.2, -0.15) is 0 Å². The molecule has 3 atom stereocenters. The van der Waals surface area contributed by atoms with Gasteiger partial charge in [0.25, 0.3) is 0 Å². The Balaban J connectivity index is 1.11. The molecule has 1 aliphatic heterocycles. The maximum Gasteiger partial charge on any atom is 0.335 e. The van der Waals surface area contributed by atoms with E-state index in [0.717, 1.165) is 16.7 Å². The molecule has 3 amide bonds. The van der Waals surface area contributed by atoms with Gasteiger partial charge in [0, 0.05) is 71.2 Å². The fourth-order valence-electron chi connectivity index (χ4n) is 8.38. The number of pyridine rings is 1. The zero-order valence-corrected chi connectivity index (χ0v) is 38.4. The van der Waals surface area contributed by atoms with Crippen molar-refractivity contribution >= 4 is 45.6 Å². The molecule has 0 saturated carbocycles. The highest BCUT2D eigenvalue weighted by atomic mass is 16.4. The number of nitrogens with zero attached hydrogens (tertiary/aromatic N) is 5. The van der Waals surface area contributed by atoms with Crippen LogP contribution < -0.4 is 21.4 Å². The number of aromatic carboxylic acids is 1. The number of rotatable bonds is 15. The maximum absolute atomic E-state index is 13.7. The first-order valence-corrected chi connectivity index (χ1v) is 22.9. The third kappa shape index (κ3) is 13.6. The molecule has 1 saturated heterocycles. The van der Waals surface area contributed by atoms with Crippen LogP contribution in [0.3, 0.4) is 0 Å². The Kier molecular flexibility index (Phi) is 16.6. The first-order valence-electron chi connectivity index (χ1n) is 22.9. The number of carbonyl (C=O) groups is 4. The van der Waals surface area contributed by atoms with E-state index in [1.807, 2.05) is 93.6 Å². The molecule has 0 aliphatic carbocycles. The fraction of sp³-hybridized carbons (Fsp3) is 0.346. The van der Waals surface area contributed by atoms with Crippen LogP contribution >= 0.6 is 0 Å². The molecule has 4 aromatic carbocycles. The van der Waals surface area contributed by atoms with Gasteiger partial charge in [0.05, 0.1) is 59.8 Å². The van der Waals surface area contributed by atoms with Gasteiger partial charge in [-0.1, -0.05) is 84.9 Å². The number of nitrogens with one attached hydrogen (secondary N) is 3. The predicted octanol–water partition coefficient (Wildman–Crippen LogP) is 5.39. The van der Waals surface area contributed by atoms with Crippen molar-refractivity contribution in [2.45, 2.75) is 45.4 Å². The minimum atomic E-state index is -1.02. The van der Waals surface area contributed by atoms with E-state index in [-0.39, 0.29) is 66.5 Å². The number of carboxylic acids is 1. The summed E-state index contributed by atoms with van der Waals surface area (Å²) in [6, 6.07) is 34.3. The maximum atomic E-state index is 13.7. The lowest BCUT2D eigenvalue weighted by Crippen LogP contribution is -2.50. The van der Waals surface area contributed by atoms with Gasteiger partial charge in [-0.15, -0.1) is 0 Å². The number of aromatic nitrogens is 1. The molecule has 0 bridgehead atoms. The van der Waals surface area contributed by atoms with Crippen molar-refractivity contribution in [3.63, 3.8) is 0 Å². The van der Waals surface area contributed by atoms with Crippen molar-refractivity contribution in [2.75, 3.05) is 72.0 Å². The van der Waals surface area contributed by atoms with Crippen LogP contribution in [-0.4, -0.2) is 125 Å². The standard InChI is InChI=1S/C52H60N8O7/c1-36(39-12-6-4-7-13-39)54-48(61)33-58-24-22-57(32-43-30-47-45(31-53-43)51(64)44-16-10-11-17-46(44)67-47)23-25-59(34-49(62)55-37(2)40-14-8-5-9-15-40)27-29-60(28-26-58)35-50(63)56-38(3)41-18-20-42(21-19-41)52(65)66/h4-21,30-31,36-38H,22-29,32-35H2,1-3H3,(H,54,61)(H,55,62)(H,56,63)(H,65,66)/t36-,37-,38-/m0/s1. The van der Waals surface area contributed by atoms with Gasteiger partial charge in [-0.25, -0.2) is 4.79 Å². The van der Waals surface area contributed by atoms with Crippen LogP contribution in [0.2, 0.25) is 0 Å². The Labute approximate surface area is 390 Å². The average molecular weight is 909 g/mol. The second-order valence-corrected chi connectivity index (χ2v) is 17.3. The first-order chi connectivity index (χ1) is 32.4. The van der Waals surface area contributed by atoms with Gasteiger partial charge < -0.3 is 25.5 Å². The summed E-state index contributed by atoms with van der Waals surface area (Å²) in [4.78, 5) is 79.1. The summed E-state index contributed by atoms with van der Waals surface area (Å²) in [6.07, 6.45) is 1.58. The van der Waals surface area contributed by atoms with E-state index in [1.54, 1.807) is 36.5 Å². The quantitative estimate of drug-likeness (QED) is 0.0967. The molecule has 67 heavy (non-hydrogen) atoms. The Hall–Kier alpha value is -6.78. The molecular weight excluding hydrogens is 849 g/mol. The van der Waals surface area contributed by atoms with Crippen LogP contribution in [0.25, 0.3) is 21.9 Å². The number of carbonyl (C=O) groups excluding carboxylic acids is 3. The highest BCUT2D eigenvalue weighted by Gasteiger charge is 2.23. The van der Waals surface area contributed by atoms with Gasteiger partial charge >= 0.3 is 5.97 Å². The predicted molar refractivity (Wildman–Crippen MR) is 258 cm³/mol. The molecule has 7 rings (SSSR count). The molecule has 4 N–H and O–H groups in total. The van der Waals surface area contributed by atoms with E-state index in [4.69, 9.17) is 9.40 Å². The Morgan fingerprint density at radius 3 is 1.43 bits per heavy atom. The summed E-state index contributed by atoms with van der Waals surface area (Å²) >= 11 is 0. The van der Waals surface area contributed by atoms with Crippen molar-refractivity contribution in [1.82, 2.24) is 40.5 Å². The largest absolute Gasteiger partial charge is 0.478 e.